The van der Waals surface area contributed by atoms with E-state index in [1.54, 1.807) is 0 Å². The molecule has 0 unspecified atom stereocenters. The molecule has 0 bridgehead atoms. The lowest BCUT2D eigenvalue weighted by Crippen LogP contribution is -2.12. The third kappa shape index (κ3) is 5.27. The lowest BCUT2D eigenvalue weighted by atomic mass is 9.89. The van der Waals surface area contributed by atoms with Crippen LogP contribution in [0.4, 0.5) is 0 Å². The Kier molecular flexibility index (Phi) is 7.66. The van der Waals surface area contributed by atoms with Gasteiger partial charge in [0.2, 0.25) is 0 Å². The molecule has 0 aliphatic rings. The normalized spacial score (nSPS) is 13.1. The van der Waals surface area contributed by atoms with Gasteiger partial charge in [0, 0.05) is 23.5 Å². The number of Topliss-reactive ketones (excluding diaryl/α,β-unsaturated/α-hetero) is 1. The molecular formula is C20H32O2S. The molecule has 0 aromatic heterocycles. The first-order valence-electron chi connectivity index (χ1n) is 8.76. The fraction of sp³-hybridized carbons (Fsp3) is 0.650. The zero-order valence-corrected chi connectivity index (χ0v) is 16.5. The highest BCUT2D eigenvalue weighted by Gasteiger charge is 2.21. The van der Waals surface area contributed by atoms with Crippen LogP contribution in [0.3, 0.4) is 0 Å². The maximum Gasteiger partial charge on any atom is 0.133 e. The average Bonchev–Trinajstić information content (AvgIpc) is 2.50. The number of ketones is 1. The van der Waals surface area contributed by atoms with E-state index < -0.39 is 10.8 Å². The summed E-state index contributed by atoms with van der Waals surface area (Å²) in [5.41, 5.74) is 3.67. The van der Waals surface area contributed by atoms with Crippen LogP contribution in [0, 0.1) is 0 Å². The second-order valence-corrected chi connectivity index (χ2v) is 8.69. The third-order valence-corrected chi connectivity index (χ3v) is 5.77. The number of rotatable bonds is 8. The molecule has 0 spiro atoms. The van der Waals surface area contributed by atoms with Gasteiger partial charge in [-0.3, -0.25) is 9.00 Å². The summed E-state index contributed by atoms with van der Waals surface area (Å²) in [6.45, 7) is 14.9. The lowest BCUT2D eigenvalue weighted by Gasteiger charge is -2.22. The summed E-state index contributed by atoms with van der Waals surface area (Å²) in [6.07, 6.45) is 0.932. The van der Waals surface area contributed by atoms with Crippen molar-refractivity contribution in [1.29, 1.82) is 0 Å². The van der Waals surface area contributed by atoms with Crippen molar-refractivity contribution in [1.82, 2.24) is 0 Å². The Balaban J connectivity index is 3.36. The summed E-state index contributed by atoms with van der Waals surface area (Å²) in [5, 5.41) is 0. The smallest absolute Gasteiger partial charge is 0.133 e. The second-order valence-electron chi connectivity index (χ2n) is 7.18. The summed E-state index contributed by atoms with van der Waals surface area (Å²) in [5.74, 6) is 1.73. The molecular weight excluding hydrogens is 304 g/mol. The number of carbonyl (C=O) groups is 1. The SMILES string of the molecule is CCC(=O)CC[S@](=O)c1c(C(C)C)cc(C(C)C)cc1C(C)C. The Labute approximate surface area is 144 Å². The van der Waals surface area contributed by atoms with Gasteiger partial charge in [0.05, 0.1) is 10.8 Å². The van der Waals surface area contributed by atoms with Crippen molar-refractivity contribution in [2.75, 3.05) is 5.75 Å². The number of hydrogen-bond acceptors (Lipinski definition) is 2. The van der Waals surface area contributed by atoms with Gasteiger partial charge in [0.25, 0.3) is 0 Å². The fourth-order valence-electron chi connectivity index (χ4n) is 2.64. The van der Waals surface area contributed by atoms with Gasteiger partial charge >= 0.3 is 0 Å². The van der Waals surface area contributed by atoms with Gasteiger partial charge in [0.1, 0.15) is 5.78 Å². The summed E-state index contributed by atoms with van der Waals surface area (Å²) in [6, 6.07) is 4.44. The maximum absolute atomic E-state index is 13.0. The van der Waals surface area contributed by atoms with Gasteiger partial charge in [-0.25, -0.2) is 0 Å². The van der Waals surface area contributed by atoms with E-state index in [0.29, 0.717) is 36.3 Å². The standard InChI is InChI=1S/C20H32O2S/c1-8-17(21)9-10-23(22)20-18(14(4)5)11-16(13(2)3)12-19(20)15(6)7/h11-15H,8-10H2,1-7H3/t23-/m0/s1. The molecule has 0 fully saturated rings. The van der Waals surface area contributed by atoms with Crippen molar-refractivity contribution < 1.29 is 9.00 Å². The van der Waals surface area contributed by atoms with Crippen molar-refractivity contribution in [3.8, 4) is 0 Å². The van der Waals surface area contributed by atoms with E-state index in [9.17, 15) is 9.00 Å². The van der Waals surface area contributed by atoms with E-state index in [1.165, 1.54) is 16.7 Å². The lowest BCUT2D eigenvalue weighted by molar-refractivity contribution is -0.118. The van der Waals surface area contributed by atoms with Crippen LogP contribution in [0.2, 0.25) is 0 Å². The number of hydrogen-bond donors (Lipinski definition) is 0. The Hall–Kier alpha value is -0.960. The largest absolute Gasteiger partial charge is 0.300 e. The molecule has 3 heteroatoms. The molecule has 0 aliphatic heterocycles. The molecule has 0 amide bonds. The van der Waals surface area contributed by atoms with Crippen molar-refractivity contribution in [2.24, 2.45) is 0 Å². The van der Waals surface area contributed by atoms with Crippen LogP contribution >= 0.6 is 0 Å². The van der Waals surface area contributed by atoms with Gasteiger partial charge in [-0.1, -0.05) is 60.6 Å². The molecule has 0 N–H and O–H groups in total. The van der Waals surface area contributed by atoms with Crippen LogP contribution in [-0.4, -0.2) is 15.7 Å². The van der Waals surface area contributed by atoms with Gasteiger partial charge in [-0.2, -0.15) is 0 Å². The highest BCUT2D eigenvalue weighted by Crippen LogP contribution is 2.34. The Morgan fingerprint density at radius 3 is 1.78 bits per heavy atom. The van der Waals surface area contributed by atoms with Crippen LogP contribution in [0.5, 0.6) is 0 Å². The summed E-state index contributed by atoms with van der Waals surface area (Å²) >= 11 is 0. The third-order valence-electron chi connectivity index (χ3n) is 4.27. The van der Waals surface area contributed by atoms with Crippen LogP contribution in [0.1, 0.15) is 95.8 Å². The molecule has 1 aromatic rings. The van der Waals surface area contributed by atoms with E-state index in [4.69, 9.17) is 0 Å². The Morgan fingerprint density at radius 2 is 1.43 bits per heavy atom. The van der Waals surface area contributed by atoms with Crippen molar-refractivity contribution in [3.63, 3.8) is 0 Å². The first kappa shape index (κ1) is 20.1. The van der Waals surface area contributed by atoms with Gasteiger partial charge < -0.3 is 0 Å². The minimum absolute atomic E-state index is 0.189. The van der Waals surface area contributed by atoms with Crippen LogP contribution in [-0.2, 0) is 15.6 Å². The maximum atomic E-state index is 13.0. The van der Waals surface area contributed by atoms with Crippen molar-refractivity contribution >= 4 is 16.6 Å². The first-order chi connectivity index (χ1) is 10.7. The molecule has 0 heterocycles. The molecule has 23 heavy (non-hydrogen) atoms. The topological polar surface area (TPSA) is 34.1 Å². The molecule has 1 rings (SSSR count). The predicted molar refractivity (Wildman–Crippen MR) is 99.9 cm³/mol. The molecule has 1 aromatic carbocycles. The number of benzene rings is 1. The zero-order valence-electron chi connectivity index (χ0n) is 15.7. The quantitative estimate of drug-likeness (QED) is 0.625. The molecule has 1 atom stereocenters. The van der Waals surface area contributed by atoms with Crippen molar-refractivity contribution in [3.05, 3.63) is 28.8 Å². The Bertz CT molecular complexity index is 542. The zero-order chi connectivity index (χ0) is 17.7. The average molecular weight is 337 g/mol. The van der Waals surface area contributed by atoms with Crippen LogP contribution < -0.4 is 0 Å². The highest BCUT2D eigenvalue weighted by molar-refractivity contribution is 7.85. The molecule has 0 aliphatic carbocycles. The van der Waals surface area contributed by atoms with E-state index in [1.807, 2.05) is 6.92 Å². The van der Waals surface area contributed by atoms with Gasteiger partial charge in [-0.15, -0.1) is 0 Å². The first-order valence-corrected chi connectivity index (χ1v) is 10.1. The van der Waals surface area contributed by atoms with E-state index in [0.717, 1.165) is 4.90 Å². The Morgan fingerprint density at radius 1 is 0.957 bits per heavy atom. The minimum Gasteiger partial charge on any atom is -0.300 e. The van der Waals surface area contributed by atoms with E-state index in [2.05, 4.69) is 53.7 Å². The molecule has 130 valence electrons. The van der Waals surface area contributed by atoms with Gasteiger partial charge in [-0.05, 0) is 34.4 Å². The van der Waals surface area contributed by atoms with E-state index >= 15 is 0 Å². The fourth-order valence-corrected chi connectivity index (χ4v) is 4.37. The van der Waals surface area contributed by atoms with Gasteiger partial charge in [0.15, 0.2) is 0 Å². The molecule has 2 nitrogen and oxygen atoms in total. The summed E-state index contributed by atoms with van der Waals surface area (Å²) in [4.78, 5) is 12.6. The molecule has 0 saturated heterocycles. The minimum atomic E-state index is -1.11. The predicted octanol–water partition coefficient (Wildman–Crippen LogP) is 5.53. The second kappa shape index (κ2) is 8.77. The van der Waals surface area contributed by atoms with Crippen molar-refractivity contribution in [2.45, 2.75) is 84.0 Å². The monoisotopic (exact) mass is 336 g/mol. The van der Waals surface area contributed by atoms with Crippen LogP contribution in [0.25, 0.3) is 0 Å². The molecule has 0 saturated carbocycles. The van der Waals surface area contributed by atoms with E-state index in [-0.39, 0.29) is 5.78 Å². The highest BCUT2D eigenvalue weighted by atomic mass is 32.2. The summed E-state index contributed by atoms with van der Waals surface area (Å²) in [7, 11) is -1.11. The van der Waals surface area contributed by atoms with Crippen LogP contribution in [0.15, 0.2) is 17.0 Å². The molecule has 0 radical (unpaired) electrons. The number of carbonyl (C=O) groups excluding carboxylic acids is 1. The summed E-state index contributed by atoms with van der Waals surface area (Å²) < 4.78 is 13.0.